The predicted molar refractivity (Wildman–Crippen MR) is 85.0 cm³/mol. The van der Waals surface area contributed by atoms with E-state index in [4.69, 9.17) is 9.47 Å². The summed E-state index contributed by atoms with van der Waals surface area (Å²) in [4.78, 5) is 12.1. The molecule has 1 aromatic carbocycles. The monoisotopic (exact) mass is 346 g/mol. The Bertz CT molecular complexity index is 617. The van der Waals surface area contributed by atoms with E-state index in [9.17, 15) is 17.6 Å². The Balaban J connectivity index is 2.94. The predicted octanol–water partition coefficient (Wildman–Crippen LogP) is 2.79. The molecule has 1 rings (SSSR count). The standard InChI is InChI=1S/C16H23FO5S/c1-16(2,3)22-15(18)12(9-10-17)11-23(19,20)14-7-5-13(21-4)6-8-14/h5-8,12H,9-11H2,1-4H3/t12-/m0/s1. The molecule has 1 aromatic rings. The van der Waals surface area contributed by atoms with E-state index in [-0.39, 0.29) is 11.3 Å². The first-order chi connectivity index (χ1) is 10.6. The average molecular weight is 346 g/mol. The molecule has 5 nitrogen and oxygen atoms in total. The van der Waals surface area contributed by atoms with Gasteiger partial charge in [0.1, 0.15) is 11.4 Å². The van der Waals surface area contributed by atoms with E-state index in [0.29, 0.717) is 5.75 Å². The van der Waals surface area contributed by atoms with Crippen LogP contribution in [0.2, 0.25) is 0 Å². The Labute approximate surface area is 136 Å². The van der Waals surface area contributed by atoms with Gasteiger partial charge in [0.15, 0.2) is 9.84 Å². The van der Waals surface area contributed by atoms with Crippen molar-refractivity contribution in [2.75, 3.05) is 19.5 Å². The number of rotatable bonds is 7. The van der Waals surface area contributed by atoms with Gasteiger partial charge in [-0.3, -0.25) is 9.18 Å². The highest BCUT2D eigenvalue weighted by molar-refractivity contribution is 7.91. The second kappa shape index (κ2) is 7.77. The van der Waals surface area contributed by atoms with Gasteiger partial charge in [-0.05, 0) is 51.5 Å². The fraction of sp³-hybridized carbons (Fsp3) is 0.562. The van der Waals surface area contributed by atoms with Crippen molar-refractivity contribution >= 4 is 15.8 Å². The second-order valence-electron chi connectivity index (χ2n) is 6.16. The van der Waals surface area contributed by atoms with E-state index in [1.165, 1.54) is 31.4 Å². The minimum absolute atomic E-state index is 0.0608. The first-order valence-electron chi connectivity index (χ1n) is 7.24. The molecule has 23 heavy (non-hydrogen) atoms. The van der Waals surface area contributed by atoms with Gasteiger partial charge < -0.3 is 9.47 Å². The van der Waals surface area contributed by atoms with Crippen LogP contribution in [-0.2, 0) is 19.4 Å². The second-order valence-corrected chi connectivity index (χ2v) is 8.20. The lowest BCUT2D eigenvalue weighted by atomic mass is 10.1. The molecule has 0 N–H and O–H groups in total. The van der Waals surface area contributed by atoms with Gasteiger partial charge in [0.2, 0.25) is 0 Å². The van der Waals surface area contributed by atoms with Crippen molar-refractivity contribution in [3.8, 4) is 5.75 Å². The third-order valence-corrected chi connectivity index (χ3v) is 4.87. The summed E-state index contributed by atoms with van der Waals surface area (Å²) in [5, 5.41) is 0. The molecule has 0 aliphatic carbocycles. The number of hydrogen-bond acceptors (Lipinski definition) is 5. The largest absolute Gasteiger partial charge is 0.497 e. The highest BCUT2D eigenvalue weighted by Crippen LogP contribution is 2.22. The number of alkyl halides is 1. The van der Waals surface area contributed by atoms with Crippen LogP contribution in [-0.4, -0.2) is 39.5 Å². The number of benzene rings is 1. The molecule has 0 amide bonds. The third kappa shape index (κ3) is 6.17. The quantitative estimate of drug-likeness (QED) is 0.710. The molecule has 130 valence electrons. The first kappa shape index (κ1) is 19.4. The molecular formula is C16H23FO5S. The molecule has 0 fully saturated rings. The van der Waals surface area contributed by atoms with Crippen molar-refractivity contribution in [2.45, 2.75) is 37.7 Å². The zero-order valence-electron chi connectivity index (χ0n) is 13.8. The molecule has 0 bridgehead atoms. The third-order valence-electron chi connectivity index (χ3n) is 3.04. The highest BCUT2D eigenvalue weighted by atomic mass is 32.2. The lowest BCUT2D eigenvalue weighted by molar-refractivity contribution is -0.159. The highest BCUT2D eigenvalue weighted by Gasteiger charge is 2.30. The summed E-state index contributed by atoms with van der Waals surface area (Å²) >= 11 is 0. The summed E-state index contributed by atoms with van der Waals surface area (Å²) in [7, 11) is -2.25. The number of ether oxygens (including phenoxy) is 2. The number of carbonyl (C=O) groups is 1. The van der Waals surface area contributed by atoms with E-state index < -0.39 is 39.8 Å². The molecule has 0 spiro atoms. The summed E-state index contributed by atoms with van der Waals surface area (Å²) in [6.07, 6.45) is -0.190. The summed E-state index contributed by atoms with van der Waals surface area (Å²) in [6.45, 7) is 4.24. The van der Waals surface area contributed by atoms with Crippen molar-refractivity contribution in [1.29, 1.82) is 0 Å². The van der Waals surface area contributed by atoms with Crippen LogP contribution in [0.1, 0.15) is 27.2 Å². The molecule has 0 saturated heterocycles. The molecule has 0 unspecified atom stereocenters. The van der Waals surface area contributed by atoms with Gasteiger partial charge in [-0.2, -0.15) is 0 Å². The molecule has 0 aromatic heterocycles. The van der Waals surface area contributed by atoms with Gasteiger partial charge in [0, 0.05) is 0 Å². The minimum atomic E-state index is -3.73. The maximum Gasteiger partial charge on any atom is 0.310 e. The maximum atomic E-state index is 12.7. The van der Waals surface area contributed by atoms with Crippen molar-refractivity contribution in [3.63, 3.8) is 0 Å². The molecule has 0 aliphatic heterocycles. The van der Waals surface area contributed by atoms with Crippen LogP contribution in [0.3, 0.4) is 0 Å². The zero-order chi connectivity index (χ0) is 17.7. The van der Waals surface area contributed by atoms with Crippen LogP contribution in [0.4, 0.5) is 4.39 Å². The van der Waals surface area contributed by atoms with Crippen molar-refractivity contribution in [1.82, 2.24) is 0 Å². The van der Waals surface area contributed by atoms with Crippen LogP contribution in [0, 0.1) is 5.92 Å². The van der Waals surface area contributed by atoms with Crippen molar-refractivity contribution in [2.24, 2.45) is 5.92 Å². The summed E-state index contributed by atoms with van der Waals surface area (Å²) < 4.78 is 47.7. The lowest BCUT2D eigenvalue weighted by Crippen LogP contribution is -2.32. The van der Waals surface area contributed by atoms with Gasteiger partial charge in [-0.25, -0.2) is 8.42 Å². The van der Waals surface area contributed by atoms with Crippen molar-refractivity contribution < 1.29 is 27.1 Å². The number of methoxy groups -OCH3 is 1. The van der Waals surface area contributed by atoms with Gasteiger partial charge in [0.05, 0.1) is 30.4 Å². The number of esters is 1. The Morgan fingerprint density at radius 3 is 2.22 bits per heavy atom. The van der Waals surface area contributed by atoms with Crippen LogP contribution < -0.4 is 4.74 Å². The first-order valence-corrected chi connectivity index (χ1v) is 8.90. The van der Waals surface area contributed by atoms with Gasteiger partial charge in [0.25, 0.3) is 0 Å². The average Bonchev–Trinajstić information content (AvgIpc) is 2.45. The summed E-state index contributed by atoms with van der Waals surface area (Å²) in [6, 6.07) is 5.83. The number of sulfone groups is 1. The van der Waals surface area contributed by atoms with Gasteiger partial charge in [-0.1, -0.05) is 0 Å². The molecule has 0 heterocycles. The maximum absolute atomic E-state index is 12.7. The minimum Gasteiger partial charge on any atom is -0.497 e. The van der Waals surface area contributed by atoms with E-state index >= 15 is 0 Å². The molecule has 1 atom stereocenters. The smallest absolute Gasteiger partial charge is 0.310 e. The normalized spacial score (nSPS) is 13.4. The van der Waals surface area contributed by atoms with Crippen LogP contribution in [0.5, 0.6) is 5.75 Å². The van der Waals surface area contributed by atoms with Gasteiger partial charge >= 0.3 is 5.97 Å². The van der Waals surface area contributed by atoms with E-state index in [1.807, 2.05) is 0 Å². The Kier molecular flexibility index (Phi) is 6.56. The van der Waals surface area contributed by atoms with E-state index in [0.717, 1.165) is 0 Å². The Morgan fingerprint density at radius 2 is 1.78 bits per heavy atom. The summed E-state index contributed by atoms with van der Waals surface area (Å²) in [5.41, 5.74) is -0.754. The Hall–Kier alpha value is -1.63. The topological polar surface area (TPSA) is 69.7 Å². The SMILES string of the molecule is COc1ccc(S(=O)(=O)C[C@H](CCF)C(=O)OC(C)(C)C)cc1. The molecular weight excluding hydrogens is 323 g/mol. The number of carbonyl (C=O) groups excluding carboxylic acids is 1. The molecule has 0 saturated carbocycles. The number of halogens is 1. The van der Waals surface area contributed by atoms with Crippen molar-refractivity contribution in [3.05, 3.63) is 24.3 Å². The van der Waals surface area contributed by atoms with Crippen LogP contribution in [0.25, 0.3) is 0 Å². The summed E-state index contributed by atoms with van der Waals surface area (Å²) in [5.74, 6) is -1.70. The fourth-order valence-electron chi connectivity index (χ4n) is 1.93. The molecule has 0 radical (unpaired) electrons. The lowest BCUT2D eigenvalue weighted by Gasteiger charge is -2.23. The van der Waals surface area contributed by atoms with E-state index in [2.05, 4.69) is 0 Å². The molecule has 0 aliphatic rings. The fourth-order valence-corrected chi connectivity index (χ4v) is 3.51. The van der Waals surface area contributed by atoms with Gasteiger partial charge in [-0.15, -0.1) is 0 Å². The van der Waals surface area contributed by atoms with Crippen LogP contribution in [0.15, 0.2) is 29.2 Å². The van der Waals surface area contributed by atoms with Crippen LogP contribution >= 0.6 is 0 Å². The molecule has 7 heteroatoms. The zero-order valence-corrected chi connectivity index (χ0v) is 14.7. The Morgan fingerprint density at radius 1 is 1.22 bits per heavy atom. The van der Waals surface area contributed by atoms with E-state index in [1.54, 1.807) is 20.8 Å². The number of hydrogen-bond donors (Lipinski definition) is 0.